The third-order valence-electron chi connectivity index (χ3n) is 4.35. The van der Waals surface area contributed by atoms with Crippen molar-refractivity contribution in [1.29, 1.82) is 0 Å². The molecule has 2 heteroatoms. The summed E-state index contributed by atoms with van der Waals surface area (Å²) in [7, 11) is 0. The van der Waals surface area contributed by atoms with E-state index in [4.69, 9.17) is 4.74 Å². The summed E-state index contributed by atoms with van der Waals surface area (Å²) in [6.07, 6.45) is 4.25. The SMILES string of the molecule is Cc1cc(C)cc(C2CNC3CCCC3CO2)c1. The van der Waals surface area contributed by atoms with Crippen LogP contribution in [0.4, 0.5) is 0 Å². The van der Waals surface area contributed by atoms with Crippen LogP contribution in [-0.2, 0) is 4.74 Å². The fraction of sp³-hybridized carbons (Fsp3) is 0.625. The predicted octanol–water partition coefficient (Wildman–Crippen LogP) is 3.13. The lowest BCUT2D eigenvalue weighted by Gasteiger charge is -2.17. The van der Waals surface area contributed by atoms with Crippen LogP contribution < -0.4 is 5.32 Å². The summed E-state index contributed by atoms with van der Waals surface area (Å²) in [4.78, 5) is 0. The van der Waals surface area contributed by atoms with Gasteiger partial charge in [-0.05, 0) is 38.2 Å². The van der Waals surface area contributed by atoms with Crippen LogP contribution in [0.15, 0.2) is 18.2 Å². The molecule has 2 fully saturated rings. The molecular formula is C16H23NO. The Balaban J connectivity index is 1.76. The number of fused-ring (bicyclic) bond motifs is 1. The van der Waals surface area contributed by atoms with Crippen molar-refractivity contribution in [2.45, 2.75) is 45.3 Å². The minimum atomic E-state index is 0.231. The molecule has 1 aliphatic carbocycles. The molecule has 3 rings (SSSR count). The van der Waals surface area contributed by atoms with Crippen molar-refractivity contribution in [3.8, 4) is 0 Å². The van der Waals surface area contributed by atoms with E-state index >= 15 is 0 Å². The van der Waals surface area contributed by atoms with Crippen LogP contribution in [0.2, 0.25) is 0 Å². The van der Waals surface area contributed by atoms with E-state index in [2.05, 4.69) is 37.4 Å². The zero-order valence-corrected chi connectivity index (χ0v) is 11.4. The molecule has 0 spiro atoms. The van der Waals surface area contributed by atoms with Gasteiger partial charge in [0.15, 0.2) is 0 Å². The molecule has 0 aromatic heterocycles. The van der Waals surface area contributed by atoms with Crippen LogP contribution >= 0.6 is 0 Å². The van der Waals surface area contributed by atoms with E-state index in [1.807, 2.05) is 0 Å². The number of hydrogen-bond acceptors (Lipinski definition) is 2. The summed E-state index contributed by atoms with van der Waals surface area (Å²) < 4.78 is 6.15. The standard InChI is InChI=1S/C16H23NO/c1-11-6-12(2)8-14(7-11)16-9-17-15-5-3-4-13(15)10-18-16/h6-8,13,15-17H,3-5,9-10H2,1-2H3. The van der Waals surface area contributed by atoms with Gasteiger partial charge < -0.3 is 10.1 Å². The van der Waals surface area contributed by atoms with Crippen molar-refractivity contribution in [3.05, 3.63) is 34.9 Å². The fourth-order valence-electron chi connectivity index (χ4n) is 3.47. The van der Waals surface area contributed by atoms with Gasteiger partial charge in [-0.15, -0.1) is 0 Å². The molecule has 1 aromatic rings. The Morgan fingerprint density at radius 2 is 1.89 bits per heavy atom. The Morgan fingerprint density at radius 1 is 1.11 bits per heavy atom. The van der Waals surface area contributed by atoms with Crippen LogP contribution in [0.1, 0.15) is 42.1 Å². The highest BCUT2D eigenvalue weighted by Crippen LogP contribution is 2.31. The zero-order chi connectivity index (χ0) is 12.5. The van der Waals surface area contributed by atoms with E-state index < -0.39 is 0 Å². The molecule has 1 N–H and O–H groups in total. The molecule has 3 unspecified atom stereocenters. The van der Waals surface area contributed by atoms with Crippen molar-refractivity contribution in [1.82, 2.24) is 5.32 Å². The molecule has 3 atom stereocenters. The third-order valence-corrected chi connectivity index (χ3v) is 4.35. The lowest BCUT2D eigenvalue weighted by molar-refractivity contribution is 0.0473. The topological polar surface area (TPSA) is 21.3 Å². The van der Waals surface area contributed by atoms with E-state index in [0.717, 1.165) is 19.1 Å². The van der Waals surface area contributed by atoms with Gasteiger partial charge in [-0.25, -0.2) is 0 Å². The molecule has 2 aliphatic rings. The predicted molar refractivity (Wildman–Crippen MR) is 73.7 cm³/mol. The monoisotopic (exact) mass is 245 g/mol. The summed E-state index contributed by atoms with van der Waals surface area (Å²) in [5.41, 5.74) is 4.00. The van der Waals surface area contributed by atoms with Gasteiger partial charge in [0.05, 0.1) is 12.7 Å². The van der Waals surface area contributed by atoms with Gasteiger partial charge in [-0.1, -0.05) is 35.7 Å². The van der Waals surface area contributed by atoms with Crippen molar-refractivity contribution in [3.63, 3.8) is 0 Å². The summed E-state index contributed by atoms with van der Waals surface area (Å²) >= 11 is 0. The number of benzene rings is 1. The largest absolute Gasteiger partial charge is 0.372 e. The number of rotatable bonds is 1. The van der Waals surface area contributed by atoms with Crippen molar-refractivity contribution in [2.75, 3.05) is 13.2 Å². The number of ether oxygens (including phenoxy) is 1. The number of nitrogens with one attached hydrogen (secondary N) is 1. The molecule has 18 heavy (non-hydrogen) atoms. The Bertz CT molecular complexity index is 395. The fourth-order valence-corrected chi connectivity index (χ4v) is 3.47. The summed E-state index contributed by atoms with van der Waals surface area (Å²) in [6.45, 7) is 6.21. The van der Waals surface area contributed by atoms with Crippen LogP contribution in [0.3, 0.4) is 0 Å². The molecule has 1 heterocycles. The highest BCUT2D eigenvalue weighted by molar-refractivity contribution is 5.30. The first-order valence-electron chi connectivity index (χ1n) is 7.15. The number of aryl methyl sites for hydroxylation is 2. The normalized spacial score (nSPS) is 32.0. The average Bonchev–Trinajstić information content (AvgIpc) is 2.67. The van der Waals surface area contributed by atoms with Crippen molar-refractivity contribution in [2.24, 2.45) is 5.92 Å². The molecule has 98 valence electrons. The van der Waals surface area contributed by atoms with Gasteiger partial charge in [-0.3, -0.25) is 0 Å². The smallest absolute Gasteiger partial charge is 0.0949 e. The molecule has 0 radical (unpaired) electrons. The maximum Gasteiger partial charge on any atom is 0.0949 e. The average molecular weight is 245 g/mol. The van der Waals surface area contributed by atoms with Crippen LogP contribution in [-0.4, -0.2) is 19.2 Å². The maximum absolute atomic E-state index is 6.15. The molecule has 1 aliphatic heterocycles. The lowest BCUT2D eigenvalue weighted by atomic mass is 10.0. The van der Waals surface area contributed by atoms with Gasteiger partial charge in [0.1, 0.15) is 0 Å². The Kier molecular flexibility index (Phi) is 3.40. The summed E-state index contributed by atoms with van der Waals surface area (Å²) in [5.74, 6) is 0.737. The Morgan fingerprint density at radius 3 is 2.67 bits per heavy atom. The molecule has 1 saturated heterocycles. The number of hydrogen-bond donors (Lipinski definition) is 1. The second-order valence-electron chi connectivity index (χ2n) is 5.95. The Labute approximate surface area is 110 Å². The minimum Gasteiger partial charge on any atom is -0.372 e. The second-order valence-corrected chi connectivity index (χ2v) is 5.95. The molecule has 0 bridgehead atoms. The zero-order valence-electron chi connectivity index (χ0n) is 11.4. The quantitative estimate of drug-likeness (QED) is 0.820. The van der Waals surface area contributed by atoms with Gasteiger partial charge >= 0.3 is 0 Å². The molecule has 0 amide bonds. The van der Waals surface area contributed by atoms with Gasteiger partial charge in [0, 0.05) is 12.6 Å². The molecule has 1 aromatic carbocycles. The molecule has 2 nitrogen and oxygen atoms in total. The van der Waals surface area contributed by atoms with Crippen molar-refractivity contribution >= 4 is 0 Å². The summed E-state index contributed by atoms with van der Waals surface area (Å²) in [6, 6.07) is 7.45. The Hall–Kier alpha value is -0.860. The van der Waals surface area contributed by atoms with Crippen LogP contribution in [0.5, 0.6) is 0 Å². The van der Waals surface area contributed by atoms with Crippen LogP contribution in [0.25, 0.3) is 0 Å². The summed E-state index contributed by atoms with van der Waals surface area (Å²) in [5, 5.41) is 3.71. The van der Waals surface area contributed by atoms with Gasteiger partial charge in [0.25, 0.3) is 0 Å². The maximum atomic E-state index is 6.15. The highest BCUT2D eigenvalue weighted by Gasteiger charge is 2.31. The van der Waals surface area contributed by atoms with Gasteiger partial charge in [0.2, 0.25) is 0 Å². The first kappa shape index (κ1) is 12.2. The van der Waals surface area contributed by atoms with E-state index in [1.165, 1.54) is 36.0 Å². The van der Waals surface area contributed by atoms with E-state index in [9.17, 15) is 0 Å². The molecular weight excluding hydrogens is 222 g/mol. The second kappa shape index (κ2) is 5.02. The first-order valence-corrected chi connectivity index (χ1v) is 7.15. The highest BCUT2D eigenvalue weighted by atomic mass is 16.5. The lowest BCUT2D eigenvalue weighted by Crippen LogP contribution is -2.32. The van der Waals surface area contributed by atoms with Crippen molar-refractivity contribution < 1.29 is 4.74 Å². The third kappa shape index (κ3) is 2.45. The van der Waals surface area contributed by atoms with Gasteiger partial charge in [-0.2, -0.15) is 0 Å². The first-order chi connectivity index (χ1) is 8.72. The molecule has 1 saturated carbocycles. The van der Waals surface area contributed by atoms with E-state index in [1.54, 1.807) is 0 Å². The van der Waals surface area contributed by atoms with E-state index in [-0.39, 0.29) is 6.10 Å². The van der Waals surface area contributed by atoms with Crippen LogP contribution in [0, 0.1) is 19.8 Å². The van der Waals surface area contributed by atoms with E-state index in [0.29, 0.717) is 6.04 Å². The minimum absolute atomic E-state index is 0.231.